The molecular weight excluding hydrogens is 809 g/mol. The Morgan fingerprint density at radius 3 is 1.12 bits per heavy atom. The van der Waals surface area contributed by atoms with Gasteiger partial charge in [-0.05, 0) is 142 Å². The Kier molecular flexibility index (Phi) is 18.2. The van der Waals surface area contributed by atoms with Crippen molar-refractivity contribution in [3.63, 3.8) is 0 Å². The minimum Gasteiger partial charge on any atom is -0.139 e. The maximum absolute atomic E-state index is 2.52. The first-order valence-electron chi connectivity index (χ1n) is 23.4. The topological polar surface area (TPSA) is 0 Å². The summed E-state index contributed by atoms with van der Waals surface area (Å²) in [6.45, 7) is 18.5. The highest BCUT2D eigenvalue weighted by Gasteiger charge is 2.26. The molecule has 0 aliphatic heterocycles. The van der Waals surface area contributed by atoms with E-state index in [4.69, 9.17) is 0 Å². The number of unbranched alkanes of at least 4 members (excludes halogenated alkanes) is 12. The lowest BCUT2D eigenvalue weighted by Crippen LogP contribution is -1.95. The third-order valence-corrected chi connectivity index (χ3v) is 19.0. The molecule has 59 heavy (non-hydrogen) atoms. The van der Waals surface area contributed by atoms with Crippen molar-refractivity contribution >= 4 is 56.7 Å². The van der Waals surface area contributed by atoms with E-state index in [-0.39, 0.29) is 0 Å². The predicted molar refractivity (Wildman–Crippen MR) is 273 cm³/mol. The van der Waals surface area contributed by atoms with Crippen molar-refractivity contribution in [2.45, 2.75) is 184 Å². The Balaban J connectivity index is 1.47. The number of thiophene rings is 5. The summed E-state index contributed by atoms with van der Waals surface area (Å²) in [5, 5.41) is 0. The maximum atomic E-state index is 2.52. The van der Waals surface area contributed by atoms with Gasteiger partial charge in [0, 0.05) is 48.8 Å². The van der Waals surface area contributed by atoms with Crippen molar-refractivity contribution in [3.8, 4) is 49.5 Å². The van der Waals surface area contributed by atoms with Gasteiger partial charge in [0.05, 0.1) is 0 Å². The summed E-state index contributed by atoms with van der Waals surface area (Å²) in [6, 6.07) is 19.2. The van der Waals surface area contributed by atoms with E-state index in [2.05, 4.69) is 138 Å². The molecule has 5 aromatic heterocycles. The molecule has 6 rings (SSSR count). The molecule has 0 bridgehead atoms. The first-order chi connectivity index (χ1) is 28.8. The molecule has 0 radical (unpaired) electrons. The average molecular weight is 882 g/mol. The lowest BCUT2D eigenvalue weighted by Gasteiger charge is -2.10. The second kappa shape index (κ2) is 23.2. The minimum absolute atomic E-state index is 1.20. The van der Waals surface area contributed by atoms with E-state index >= 15 is 0 Å². The first-order valence-corrected chi connectivity index (χ1v) is 27.5. The summed E-state index contributed by atoms with van der Waals surface area (Å²) < 4.78 is 0. The molecule has 0 spiro atoms. The fourth-order valence-electron chi connectivity index (χ4n) is 8.62. The Hall–Kier alpha value is -2.28. The molecule has 0 nitrogen and oxygen atoms in total. The van der Waals surface area contributed by atoms with E-state index < -0.39 is 0 Å². The molecule has 0 aliphatic rings. The summed E-state index contributed by atoms with van der Waals surface area (Å²) in [6.07, 6.45) is 25.8. The van der Waals surface area contributed by atoms with Crippen LogP contribution in [0.2, 0.25) is 0 Å². The largest absolute Gasteiger partial charge is 0.139 e. The van der Waals surface area contributed by atoms with Crippen LogP contribution in [0.4, 0.5) is 0 Å². The summed E-state index contributed by atoms with van der Waals surface area (Å²) >= 11 is 10.4. The molecule has 0 amide bonds. The van der Waals surface area contributed by atoms with E-state index in [1.165, 1.54) is 180 Å². The number of benzene rings is 1. The van der Waals surface area contributed by atoms with Crippen LogP contribution in [0.25, 0.3) is 49.5 Å². The zero-order valence-corrected chi connectivity index (χ0v) is 41.9. The standard InChI is InChI=1S/C54H72S5/c1-9-13-17-21-25-42-44(27-23-19-15-11-3)53(48-35-38(6)40(8)55-48)58-51(42)46-33-34-47(56-46)52-43(26-22-18-14-10-2)45(28-24-20-16-12-4)54(59-52)49-36-39(7)50(57-49)41-31-29-37(5)30-32-41/h29-36H,9-28H2,1-8H3. The highest BCUT2D eigenvalue weighted by atomic mass is 32.1. The van der Waals surface area contributed by atoms with Crippen LogP contribution in [0.15, 0.2) is 48.5 Å². The van der Waals surface area contributed by atoms with Gasteiger partial charge in [0.2, 0.25) is 0 Å². The van der Waals surface area contributed by atoms with Gasteiger partial charge in [-0.15, -0.1) is 56.7 Å². The minimum atomic E-state index is 1.20. The van der Waals surface area contributed by atoms with E-state index in [1.807, 2.05) is 22.7 Å². The molecular formula is C54H72S5. The molecule has 5 heterocycles. The molecule has 0 saturated heterocycles. The van der Waals surface area contributed by atoms with Crippen molar-refractivity contribution < 1.29 is 0 Å². The molecule has 0 unspecified atom stereocenters. The van der Waals surface area contributed by atoms with Crippen molar-refractivity contribution in [3.05, 3.63) is 92.4 Å². The first kappa shape index (κ1) is 46.2. The van der Waals surface area contributed by atoms with Crippen molar-refractivity contribution in [2.24, 2.45) is 0 Å². The van der Waals surface area contributed by atoms with Crippen LogP contribution >= 0.6 is 56.7 Å². The SMILES string of the molecule is CCCCCCc1c(-c2ccc(-c3sc(-c4cc(C)c(-c5ccc(C)cc5)s4)c(CCCCCC)c3CCCCCC)s2)sc(-c2cc(C)c(C)s2)c1CCCCCC. The summed E-state index contributed by atoms with van der Waals surface area (Å²) in [5.41, 5.74) is 12.2. The van der Waals surface area contributed by atoms with Crippen LogP contribution in [0.1, 0.15) is 174 Å². The fraction of sp³-hybridized carbons (Fsp3) is 0.519. The van der Waals surface area contributed by atoms with Crippen LogP contribution in [0, 0.1) is 27.7 Å². The van der Waals surface area contributed by atoms with Gasteiger partial charge in [0.1, 0.15) is 0 Å². The van der Waals surface area contributed by atoms with Gasteiger partial charge in [-0.25, -0.2) is 0 Å². The Morgan fingerprint density at radius 1 is 0.339 bits per heavy atom. The quantitative estimate of drug-likeness (QED) is 0.0503. The number of rotatable bonds is 25. The smallest absolute Gasteiger partial charge is 0.0484 e. The van der Waals surface area contributed by atoms with Crippen molar-refractivity contribution in [1.82, 2.24) is 0 Å². The third kappa shape index (κ3) is 11.8. The van der Waals surface area contributed by atoms with Gasteiger partial charge < -0.3 is 0 Å². The molecule has 0 fully saturated rings. The van der Waals surface area contributed by atoms with Gasteiger partial charge in [-0.2, -0.15) is 0 Å². The van der Waals surface area contributed by atoms with Crippen LogP contribution in [0.5, 0.6) is 0 Å². The van der Waals surface area contributed by atoms with Gasteiger partial charge in [-0.3, -0.25) is 0 Å². The molecule has 0 aliphatic carbocycles. The maximum Gasteiger partial charge on any atom is 0.0484 e. The van der Waals surface area contributed by atoms with Gasteiger partial charge in [0.15, 0.2) is 0 Å². The van der Waals surface area contributed by atoms with E-state index in [0.717, 1.165) is 0 Å². The third-order valence-electron chi connectivity index (χ3n) is 12.3. The van der Waals surface area contributed by atoms with Crippen molar-refractivity contribution in [1.29, 1.82) is 0 Å². The van der Waals surface area contributed by atoms with Crippen LogP contribution < -0.4 is 0 Å². The van der Waals surface area contributed by atoms with Crippen LogP contribution in [-0.4, -0.2) is 0 Å². The normalized spacial score (nSPS) is 11.7. The van der Waals surface area contributed by atoms with Crippen LogP contribution in [-0.2, 0) is 25.7 Å². The zero-order valence-electron chi connectivity index (χ0n) is 37.8. The summed E-state index contributed by atoms with van der Waals surface area (Å²) in [4.78, 5) is 15.1. The Morgan fingerprint density at radius 2 is 0.729 bits per heavy atom. The van der Waals surface area contributed by atoms with Crippen molar-refractivity contribution in [2.75, 3.05) is 0 Å². The van der Waals surface area contributed by atoms with E-state index in [1.54, 1.807) is 41.8 Å². The monoisotopic (exact) mass is 880 g/mol. The lowest BCUT2D eigenvalue weighted by atomic mass is 9.95. The number of hydrogen-bond donors (Lipinski definition) is 0. The van der Waals surface area contributed by atoms with Gasteiger partial charge in [0.25, 0.3) is 0 Å². The molecule has 0 atom stereocenters. The average Bonchev–Trinajstić information content (AvgIpc) is 4.07. The summed E-state index contributed by atoms with van der Waals surface area (Å²) in [7, 11) is 0. The Labute approximate surface area is 379 Å². The van der Waals surface area contributed by atoms with Crippen LogP contribution in [0.3, 0.4) is 0 Å². The number of hydrogen-bond acceptors (Lipinski definition) is 5. The van der Waals surface area contributed by atoms with E-state index in [0.29, 0.717) is 0 Å². The second-order valence-corrected chi connectivity index (χ2v) is 22.6. The molecule has 0 N–H and O–H groups in total. The number of aryl methyl sites for hydroxylation is 4. The molecule has 0 saturated carbocycles. The molecule has 5 heteroatoms. The summed E-state index contributed by atoms with van der Waals surface area (Å²) in [5.74, 6) is 0. The van der Waals surface area contributed by atoms with Gasteiger partial charge >= 0.3 is 0 Å². The Bertz CT molecular complexity index is 2150. The second-order valence-electron chi connectivity index (χ2n) is 17.2. The fourth-order valence-corrected chi connectivity index (χ4v) is 15.2. The molecule has 318 valence electrons. The van der Waals surface area contributed by atoms with E-state index in [9.17, 15) is 0 Å². The highest BCUT2D eigenvalue weighted by Crippen LogP contribution is 2.52. The van der Waals surface area contributed by atoms with Gasteiger partial charge in [-0.1, -0.05) is 135 Å². The zero-order chi connectivity index (χ0) is 41.7. The predicted octanol–water partition coefficient (Wildman–Crippen LogP) is 20.1. The lowest BCUT2D eigenvalue weighted by molar-refractivity contribution is 0.653. The molecule has 6 aromatic rings. The molecule has 1 aromatic carbocycles. The highest BCUT2D eigenvalue weighted by molar-refractivity contribution is 7.30.